The number of carbonyl (C=O) groups excluding carboxylic acids is 3. The number of fused-ring (bicyclic) bond motifs is 1. The highest BCUT2D eigenvalue weighted by Gasteiger charge is 2.39. The zero-order valence-corrected chi connectivity index (χ0v) is 15.6. The maximum atomic E-state index is 12.3. The van der Waals surface area contributed by atoms with Gasteiger partial charge in [-0.3, -0.25) is 4.79 Å². The summed E-state index contributed by atoms with van der Waals surface area (Å²) in [7, 11) is 0. The lowest BCUT2D eigenvalue weighted by atomic mass is 9.85. The topological polar surface area (TPSA) is 112 Å². The van der Waals surface area contributed by atoms with Gasteiger partial charge in [-0.05, 0) is 30.5 Å². The molecular formula is C19H25N5O4. The Labute approximate surface area is 163 Å². The van der Waals surface area contributed by atoms with Crippen molar-refractivity contribution in [2.24, 2.45) is 5.92 Å². The van der Waals surface area contributed by atoms with Crippen molar-refractivity contribution in [1.82, 2.24) is 26.2 Å². The summed E-state index contributed by atoms with van der Waals surface area (Å²) in [5, 5.41) is 11.4. The van der Waals surface area contributed by atoms with E-state index in [9.17, 15) is 14.4 Å². The van der Waals surface area contributed by atoms with Crippen molar-refractivity contribution < 1.29 is 19.1 Å². The molecule has 3 aliphatic rings. The van der Waals surface area contributed by atoms with Crippen LogP contribution < -0.4 is 21.3 Å². The fourth-order valence-electron chi connectivity index (χ4n) is 4.02. The van der Waals surface area contributed by atoms with Crippen LogP contribution in [0, 0.1) is 5.92 Å². The second-order valence-electron chi connectivity index (χ2n) is 7.29. The molecule has 3 aliphatic heterocycles. The molecule has 5 amide bonds. The number of hydrogen-bond donors (Lipinski definition) is 4. The molecule has 0 aromatic heterocycles. The minimum atomic E-state index is -0.265. The fourth-order valence-corrected chi connectivity index (χ4v) is 4.02. The maximum absolute atomic E-state index is 12.3. The number of benzene rings is 1. The number of hydrogen-bond acceptors (Lipinski definition) is 4. The molecule has 1 aromatic rings. The molecule has 4 N–H and O–H groups in total. The van der Waals surface area contributed by atoms with Gasteiger partial charge in [-0.1, -0.05) is 12.1 Å². The number of carbonyl (C=O) groups is 3. The summed E-state index contributed by atoms with van der Waals surface area (Å²) in [6, 6.07) is 6.83. The SMILES string of the molecule is O=C1N[C@H]2OCCC[C@H]2[C@H](c2ccc(C(=O)NCCN3CCNC3=O)cc2)N1. The van der Waals surface area contributed by atoms with Crippen molar-refractivity contribution in [3.63, 3.8) is 0 Å². The average Bonchev–Trinajstić information content (AvgIpc) is 3.12. The molecule has 0 radical (unpaired) electrons. The molecule has 4 rings (SSSR count). The predicted octanol–water partition coefficient (Wildman–Crippen LogP) is 0.548. The van der Waals surface area contributed by atoms with E-state index in [0.29, 0.717) is 38.3 Å². The number of amides is 5. The number of rotatable bonds is 5. The van der Waals surface area contributed by atoms with Gasteiger partial charge >= 0.3 is 12.1 Å². The molecule has 3 saturated heterocycles. The van der Waals surface area contributed by atoms with Crippen molar-refractivity contribution in [2.45, 2.75) is 25.1 Å². The highest BCUT2D eigenvalue weighted by Crippen LogP contribution is 2.34. The highest BCUT2D eigenvalue weighted by atomic mass is 16.5. The molecule has 28 heavy (non-hydrogen) atoms. The van der Waals surface area contributed by atoms with Crippen LogP contribution in [-0.2, 0) is 4.74 Å². The fraction of sp³-hybridized carbons (Fsp3) is 0.526. The average molecular weight is 387 g/mol. The highest BCUT2D eigenvalue weighted by molar-refractivity contribution is 5.94. The van der Waals surface area contributed by atoms with Crippen molar-refractivity contribution in [2.75, 3.05) is 32.8 Å². The van der Waals surface area contributed by atoms with Crippen LogP contribution in [0.1, 0.15) is 34.8 Å². The van der Waals surface area contributed by atoms with Crippen LogP contribution in [0.4, 0.5) is 9.59 Å². The zero-order valence-electron chi connectivity index (χ0n) is 15.6. The van der Waals surface area contributed by atoms with E-state index < -0.39 is 0 Å². The lowest BCUT2D eigenvalue weighted by Crippen LogP contribution is -2.58. The Balaban J connectivity index is 1.35. The van der Waals surface area contributed by atoms with E-state index in [1.165, 1.54) is 0 Å². The molecule has 150 valence electrons. The molecule has 9 heteroatoms. The van der Waals surface area contributed by atoms with Crippen molar-refractivity contribution in [3.8, 4) is 0 Å². The van der Waals surface area contributed by atoms with Crippen LogP contribution in [0.2, 0.25) is 0 Å². The van der Waals surface area contributed by atoms with E-state index in [0.717, 1.165) is 18.4 Å². The Morgan fingerprint density at radius 3 is 2.79 bits per heavy atom. The van der Waals surface area contributed by atoms with Gasteiger partial charge in [-0.15, -0.1) is 0 Å². The summed E-state index contributed by atoms with van der Waals surface area (Å²) in [4.78, 5) is 37.4. The van der Waals surface area contributed by atoms with Crippen LogP contribution in [0.3, 0.4) is 0 Å². The summed E-state index contributed by atoms with van der Waals surface area (Å²) in [5.41, 5.74) is 1.51. The Bertz CT molecular complexity index is 753. The van der Waals surface area contributed by atoms with Crippen LogP contribution in [0.25, 0.3) is 0 Å². The van der Waals surface area contributed by atoms with E-state index in [-0.39, 0.29) is 36.2 Å². The summed E-state index contributed by atoms with van der Waals surface area (Å²) in [5.74, 6) is -0.0166. The van der Waals surface area contributed by atoms with E-state index in [1.807, 2.05) is 12.1 Å². The van der Waals surface area contributed by atoms with E-state index in [1.54, 1.807) is 17.0 Å². The molecular weight excluding hydrogens is 362 g/mol. The van der Waals surface area contributed by atoms with Gasteiger partial charge in [0.25, 0.3) is 5.91 Å². The van der Waals surface area contributed by atoms with Gasteiger partial charge in [0, 0.05) is 44.3 Å². The molecule has 0 bridgehead atoms. The Hall–Kier alpha value is -2.81. The van der Waals surface area contributed by atoms with E-state index in [4.69, 9.17) is 4.74 Å². The summed E-state index contributed by atoms with van der Waals surface area (Å²) >= 11 is 0. The van der Waals surface area contributed by atoms with Crippen LogP contribution >= 0.6 is 0 Å². The standard InChI is InChI=1S/C19H25N5O4/c25-16(20-7-9-24-10-8-21-19(24)27)13-5-3-12(4-6-13)15-14-2-1-11-28-17(14)23-18(26)22-15/h3-6,14-15,17H,1-2,7-11H2,(H,20,25)(H,21,27)(H2,22,23,26)/t14-,15-,17-/m0/s1. The smallest absolute Gasteiger partial charge is 0.317 e. The van der Waals surface area contributed by atoms with Gasteiger partial charge < -0.3 is 30.9 Å². The van der Waals surface area contributed by atoms with Crippen LogP contribution in [0.15, 0.2) is 24.3 Å². The largest absolute Gasteiger partial charge is 0.358 e. The molecule has 3 heterocycles. The minimum Gasteiger partial charge on any atom is -0.358 e. The molecule has 3 atom stereocenters. The second kappa shape index (κ2) is 8.05. The third-order valence-corrected chi connectivity index (χ3v) is 5.50. The number of ether oxygens (including phenoxy) is 1. The molecule has 3 fully saturated rings. The zero-order chi connectivity index (χ0) is 19.5. The van der Waals surface area contributed by atoms with Gasteiger partial charge in [0.1, 0.15) is 6.23 Å². The Morgan fingerprint density at radius 2 is 2.04 bits per heavy atom. The molecule has 0 aliphatic carbocycles. The van der Waals surface area contributed by atoms with Crippen LogP contribution in [0.5, 0.6) is 0 Å². The summed E-state index contributed by atoms with van der Waals surface area (Å²) in [6.45, 7) is 2.86. The molecule has 0 saturated carbocycles. The van der Waals surface area contributed by atoms with E-state index in [2.05, 4.69) is 21.3 Å². The van der Waals surface area contributed by atoms with Crippen molar-refractivity contribution >= 4 is 18.0 Å². The van der Waals surface area contributed by atoms with Gasteiger partial charge in [0.15, 0.2) is 0 Å². The maximum Gasteiger partial charge on any atom is 0.317 e. The first-order valence-corrected chi connectivity index (χ1v) is 9.71. The Morgan fingerprint density at radius 1 is 1.21 bits per heavy atom. The summed E-state index contributed by atoms with van der Waals surface area (Å²) in [6.07, 6.45) is 1.66. The first-order valence-electron chi connectivity index (χ1n) is 9.71. The third kappa shape index (κ3) is 3.89. The summed E-state index contributed by atoms with van der Waals surface area (Å²) < 4.78 is 5.69. The molecule has 1 aromatic carbocycles. The first-order chi connectivity index (χ1) is 13.6. The molecule has 0 unspecified atom stereocenters. The van der Waals surface area contributed by atoms with Crippen LogP contribution in [-0.4, -0.2) is 61.9 Å². The predicted molar refractivity (Wildman–Crippen MR) is 101 cm³/mol. The first kappa shape index (κ1) is 18.5. The van der Waals surface area contributed by atoms with Gasteiger partial charge in [0.2, 0.25) is 0 Å². The van der Waals surface area contributed by atoms with Crippen molar-refractivity contribution in [3.05, 3.63) is 35.4 Å². The van der Waals surface area contributed by atoms with Gasteiger partial charge in [-0.25, -0.2) is 9.59 Å². The monoisotopic (exact) mass is 387 g/mol. The second-order valence-corrected chi connectivity index (χ2v) is 7.29. The molecule has 9 nitrogen and oxygen atoms in total. The quantitative estimate of drug-likeness (QED) is 0.591. The third-order valence-electron chi connectivity index (χ3n) is 5.50. The Kier molecular flexibility index (Phi) is 5.34. The van der Waals surface area contributed by atoms with E-state index >= 15 is 0 Å². The minimum absolute atomic E-state index is 0.0902. The normalized spacial score (nSPS) is 26.7. The van der Waals surface area contributed by atoms with Gasteiger partial charge in [-0.2, -0.15) is 0 Å². The lowest BCUT2D eigenvalue weighted by Gasteiger charge is -2.41. The van der Waals surface area contributed by atoms with Crippen molar-refractivity contribution in [1.29, 1.82) is 0 Å². The lowest BCUT2D eigenvalue weighted by molar-refractivity contribution is -0.0602. The van der Waals surface area contributed by atoms with Gasteiger partial charge in [0.05, 0.1) is 6.04 Å². The molecule has 0 spiro atoms. The number of nitrogens with one attached hydrogen (secondary N) is 4. The number of nitrogens with zero attached hydrogens (tertiary/aromatic N) is 1. The number of urea groups is 2.